The number of methoxy groups -OCH3 is 1. The first kappa shape index (κ1) is 19.4. The number of hydrogen-bond acceptors (Lipinski definition) is 6. The number of aliphatic imine (C=N–C) groups is 1. The third-order valence-electron chi connectivity index (χ3n) is 4.16. The molecule has 2 aromatic carbocycles. The van der Waals surface area contributed by atoms with E-state index in [9.17, 15) is 9.59 Å². The van der Waals surface area contributed by atoms with Gasteiger partial charge in [-0.25, -0.2) is 9.79 Å². The topological polar surface area (TPSA) is 74.2 Å². The van der Waals surface area contributed by atoms with E-state index >= 15 is 0 Å². The zero-order chi connectivity index (χ0) is 20.1. The van der Waals surface area contributed by atoms with E-state index in [0.29, 0.717) is 29.9 Å². The Morgan fingerprint density at radius 3 is 2.68 bits per heavy atom. The van der Waals surface area contributed by atoms with E-state index in [2.05, 4.69) is 4.99 Å². The Balaban J connectivity index is 1.91. The quantitative estimate of drug-likeness (QED) is 0.430. The smallest absolute Gasteiger partial charge is 0.363 e. The van der Waals surface area contributed by atoms with Crippen LogP contribution in [-0.2, 0) is 14.3 Å². The Morgan fingerprint density at radius 1 is 1.18 bits per heavy atom. The van der Waals surface area contributed by atoms with E-state index in [0.717, 1.165) is 11.1 Å². The van der Waals surface area contributed by atoms with Gasteiger partial charge < -0.3 is 14.2 Å². The number of hydrogen-bond donors (Lipinski definition) is 0. The van der Waals surface area contributed by atoms with Gasteiger partial charge in [0.15, 0.2) is 17.2 Å². The number of ether oxygens (including phenoxy) is 3. The Kier molecular flexibility index (Phi) is 5.89. The van der Waals surface area contributed by atoms with Gasteiger partial charge in [0.05, 0.1) is 7.11 Å². The molecule has 0 bridgehead atoms. The monoisotopic (exact) mass is 379 g/mol. The highest BCUT2D eigenvalue weighted by atomic mass is 16.6. The predicted octanol–water partition coefficient (Wildman–Crippen LogP) is 4.05. The number of rotatable bonds is 6. The van der Waals surface area contributed by atoms with Crippen molar-refractivity contribution in [2.75, 3.05) is 7.11 Å². The molecule has 1 aliphatic rings. The lowest BCUT2D eigenvalue weighted by Gasteiger charge is -2.09. The first-order valence-electron chi connectivity index (χ1n) is 8.99. The van der Waals surface area contributed by atoms with Crippen LogP contribution in [-0.4, -0.2) is 24.9 Å². The van der Waals surface area contributed by atoms with Gasteiger partial charge in [-0.05, 0) is 48.7 Å². The molecule has 28 heavy (non-hydrogen) atoms. The molecule has 0 unspecified atom stereocenters. The minimum absolute atomic E-state index is 0.175. The number of carbonyl (C=O) groups excluding carboxylic acids is 2. The van der Waals surface area contributed by atoms with Crippen LogP contribution in [0.15, 0.2) is 53.2 Å². The van der Waals surface area contributed by atoms with Crippen molar-refractivity contribution < 1.29 is 23.8 Å². The molecular formula is C22H21NO5. The second-order valence-electron chi connectivity index (χ2n) is 6.29. The van der Waals surface area contributed by atoms with Gasteiger partial charge in [0.1, 0.15) is 0 Å². The van der Waals surface area contributed by atoms with E-state index in [-0.39, 0.29) is 17.6 Å². The summed E-state index contributed by atoms with van der Waals surface area (Å²) in [6.45, 7) is 3.82. The Morgan fingerprint density at radius 2 is 1.96 bits per heavy atom. The van der Waals surface area contributed by atoms with Crippen molar-refractivity contribution >= 4 is 23.9 Å². The number of cyclic esters (lactones) is 1. The number of aryl methyl sites for hydroxylation is 1. The lowest BCUT2D eigenvalue weighted by Crippen LogP contribution is -2.08. The molecule has 6 heteroatoms. The molecule has 1 heterocycles. The summed E-state index contributed by atoms with van der Waals surface area (Å²) in [5.41, 5.74) is 2.55. The van der Waals surface area contributed by atoms with Gasteiger partial charge in [0.25, 0.3) is 0 Å². The first-order valence-corrected chi connectivity index (χ1v) is 8.99. The van der Waals surface area contributed by atoms with E-state index in [1.54, 1.807) is 24.3 Å². The average Bonchev–Trinajstić information content (AvgIpc) is 3.03. The summed E-state index contributed by atoms with van der Waals surface area (Å²) in [6.07, 6.45) is 2.59. The molecule has 0 saturated carbocycles. The van der Waals surface area contributed by atoms with Crippen LogP contribution in [0.1, 0.15) is 36.5 Å². The van der Waals surface area contributed by atoms with Crippen molar-refractivity contribution in [1.29, 1.82) is 0 Å². The van der Waals surface area contributed by atoms with Gasteiger partial charge in [-0.15, -0.1) is 0 Å². The van der Waals surface area contributed by atoms with Crippen LogP contribution in [0.2, 0.25) is 0 Å². The SMILES string of the molecule is CCCC(=O)Oc1cc(/C=C2\N=C(c3ccccc3C)OC2=O)ccc1OC. The minimum Gasteiger partial charge on any atom is -0.493 e. The lowest BCUT2D eigenvalue weighted by molar-refractivity contribution is -0.134. The van der Waals surface area contributed by atoms with Gasteiger partial charge in [0, 0.05) is 12.0 Å². The standard InChI is InChI=1S/C22H21NO5/c1-4-7-20(24)27-19-13-15(10-11-18(19)26-3)12-17-22(25)28-21(23-17)16-9-6-5-8-14(16)2/h5-6,8-13H,4,7H2,1-3H3/b17-12-. The molecule has 1 aliphatic heterocycles. The van der Waals surface area contributed by atoms with Gasteiger partial charge in [-0.1, -0.05) is 31.2 Å². The van der Waals surface area contributed by atoms with Crippen molar-refractivity contribution in [3.8, 4) is 11.5 Å². The fraction of sp³-hybridized carbons (Fsp3) is 0.227. The molecule has 3 rings (SSSR count). The van der Waals surface area contributed by atoms with Crippen LogP contribution in [0.25, 0.3) is 6.08 Å². The Bertz CT molecular complexity index is 975. The van der Waals surface area contributed by atoms with Crippen molar-refractivity contribution in [3.63, 3.8) is 0 Å². The summed E-state index contributed by atoms with van der Waals surface area (Å²) >= 11 is 0. The molecule has 0 amide bonds. The second kappa shape index (κ2) is 8.52. The summed E-state index contributed by atoms with van der Waals surface area (Å²) in [4.78, 5) is 28.4. The molecule has 0 atom stereocenters. The summed E-state index contributed by atoms with van der Waals surface area (Å²) in [5.74, 6) is 0.135. The largest absolute Gasteiger partial charge is 0.493 e. The van der Waals surface area contributed by atoms with Crippen LogP contribution in [0, 0.1) is 6.92 Å². The minimum atomic E-state index is -0.529. The highest BCUT2D eigenvalue weighted by Crippen LogP contribution is 2.30. The molecule has 0 N–H and O–H groups in total. The molecule has 6 nitrogen and oxygen atoms in total. The number of nitrogens with zero attached hydrogens (tertiary/aromatic N) is 1. The molecule has 0 radical (unpaired) electrons. The van der Waals surface area contributed by atoms with Crippen LogP contribution in [0.4, 0.5) is 0 Å². The first-order chi connectivity index (χ1) is 13.5. The van der Waals surface area contributed by atoms with Gasteiger partial charge in [-0.2, -0.15) is 0 Å². The normalized spacial score (nSPS) is 14.6. The third-order valence-corrected chi connectivity index (χ3v) is 4.16. The highest BCUT2D eigenvalue weighted by molar-refractivity contribution is 6.13. The Labute approximate surface area is 163 Å². The van der Waals surface area contributed by atoms with E-state index < -0.39 is 5.97 Å². The summed E-state index contributed by atoms with van der Waals surface area (Å²) < 4.78 is 15.9. The molecule has 0 aliphatic carbocycles. The summed E-state index contributed by atoms with van der Waals surface area (Å²) in [5, 5.41) is 0. The molecular weight excluding hydrogens is 358 g/mol. The fourth-order valence-corrected chi connectivity index (χ4v) is 2.74. The maximum Gasteiger partial charge on any atom is 0.363 e. The summed E-state index contributed by atoms with van der Waals surface area (Å²) in [6, 6.07) is 12.6. The van der Waals surface area contributed by atoms with Crippen molar-refractivity contribution in [1.82, 2.24) is 0 Å². The number of carbonyl (C=O) groups is 2. The highest BCUT2D eigenvalue weighted by Gasteiger charge is 2.25. The van der Waals surface area contributed by atoms with Gasteiger partial charge in [-0.3, -0.25) is 4.79 Å². The van der Waals surface area contributed by atoms with E-state index in [1.165, 1.54) is 7.11 Å². The summed E-state index contributed by atoms with van der Waals surface area (Å²) in [7, 11) is 1.50. The molecule has 0 fully saturated rings. The lowest BCUT2D eigenvalue weighted by atomic mass is 10.1. The third kappa shape index (κ3) is 4.28. The number of benzene rings is 2. The Hall–Kier alpha value is -3.41. The van der Waals surface area contributed by atoms with Crippen LogP contribution < -0.4 is 9.47 Å². The van der Waals surface area contributed by atoms with Crippen LogP contribution >= 0.6 is 0 Å². The van der Waals surface area contributed by atoms with Crippen LogP contribution in [0.5, 0.6) is 11.5 Å². The molecule has 0 aromatic heterocycles. The van der Waals surface area contributed by atoms with Crippen LogP contribution in [0.3, 0.4) is 0 Å². The molecule has 2 aromatic rings. The van der Waals surface area contributed by atoms with Crippen molar-refractivity contribution in [2.24, 2.45) is 4.99 Å². The maximum atomic E-state index is 12.2. The van der Waals surface area contributed by atoms with E-state index in [4.69, 9.17) is 14.2 Å². The van der Waals surface area contributed by atoms with Crippen molar-refractivity contribution in [2.45, 2.75) is 26.7 Å². The average molecular weight is 379 g/mol. The molecule has 0 spiro atoms. The number of esters is 2. The maximum absolute atomic E-state index is 12.2. The fourth-order valence-electron chi connectivity index (χ4n) is 2.74. The molecule has 0 saturated heterocycles. The van der Waals surface area contributed by atoms with Gasteiger partial charge >= 0.3 is 11.9 Å². The second-order valence-corrected chi connectivity index (χ2v) is 6.29. The predicted molar refractivity (Wildman–Crippen MR) is 105 cm³/mol. The molecule has 144 valence electrons. The zero-order valence-corrected chi connectivity index (χ0v) is 16.0. The van der Waals surface area contributed by atoms with E-state index in [1.807, 2.05) is 38.1 Å². The van der Waals surface area contributed by atoms with Crippen molar-refractivity contribution in [3.05, 3.63) is 64.9 Å². The zero-order valence-electron chi connectivity index (χ0n) is 16.0. The van der Waals surface area contributed by atoms with Gasteiger partial charge in [0.2, 0.25) is 5.90 Å².